The molecule has 1 N–H and O–H groups in total. The number of ether oxygens (including phenoxy) is 2. The summed E-state index contributed by atoms with van der Waals surface area (Å²) in [5.41, 5.74) is 3.31. The van der Waals surface area contributed by atoms with Crippen molar-refractivity contribution in [3.05, 3.63) is 53.9 Å². The number of aromatic nitrogens is 2. The molecule has 2 heterocycles. The number of imidazole rings is 1. The number of H-pyrrole nitrogens is 1. The molecule has 0 bridgehead atoms. The van der Waals surface area contributed by atoms with E-state index in [2.05, 4.69) is 29.0 Å². The zero-order valence-electron chi connectivity index (χ0n) is 11.8. The molecule has 1 aromatic heterocycles. The maximum absolute atomic E-state index is 5.99. The third-order valence-electron chi connectivity index (χ3n) is 3.79. The molecule has 4 heteroatoms. The number of rotatable bonds is 2. The monoisotopic (exact) mass is 280 g/mol. The van der Waals surface area contributed by atoms with Crippen LogP contribution in [-0.4, -0.2) is 16.6 Å². The van der Waals surface area contributed by atoms with E-state index in [4.69, 9.17) is 9.47 Å². The Hall–Kier alpha value is -2.49. The van der Waals surface area contributed by atoms with Gasteiger partial charge < -0.3 is 14.5 Å². The Bertz CT molecular complexity index is 794. The van der Waals surface area contributed by atoms with E-state index in [1.54, 1.807) is 0 Å². The number of para-hydroxylation sites is 2. The molecule has 1 aliphatic heterocycles. The van der Waals surface area contributed by atoms with E-state index < -0.39 is 0 Å². The van der Waals surface area contributed by atoms with E-state index in [0.717, 1.165) is 34.8 Å². The van der Waals surface area contributed by atoms with Gasteiger partial charge in [-0.15, -0.1) is 0 Å². The summed E-state index contributed by atoms with van der Waals surface area (Å²) in [6.07, 6.45) is 0.818. The molecule has 0 amide bonds. The van der Waals surface area contributed by atoms with Crippen LogP contribution in [0.5, 0.6) is 11.5 Å². The Labute approximate surface area is 122 Å². The molecule has 2 aromatic carbocycles. The number of fused-ring (bicyclic) bond motifs is 2. The van der Waals surface area contributed by atoms with Crippen LogP contribution in [-0.2, 0) is 6.42 Å². The molecule has 1 unspecified atom stereocenters. The lowest BCUT2D eigenvalue weighted by atomic mass is 10.1. The Morgan fingerprint density at radius 3 is 2.90 bits per heavy atom. The molecule has 0 radical (unpaired) electrons. The highest BCUT2D eigenvalue weighted by atomic mass is 16.6. The van der Waals surface area contributed by atoms with Gasteiger partial charge in [-0.3, -0.25) is 0 Å². The first-order chi connectivity index (χ1) is 10.3. The van der Waals surface area contributed by atoms with Gasteiger partial charge in [0, 0.05) is 0 Å². The van der Waals surface area contributed by atoms with Gasteiger partial charge in [-0.05, 0) is 36.2 Å². The minimum absolute atomic E-state index is 0.197. The van der Waals surface area contributed by atoms with Crippen LogP contribution in [0.3, 0.4) is 0 Å². The van der Waals surface area contributed by atoms with Gasteiger partial charge in [-0.25, -0.2) is 4.98 Å². The lowest BCUT2D eigenvalue weighted by molar-refractivity contribution is 0.0859. The number of aryl methyl sites for hydroxylation is 1. The number of nitrogens with one attached hydrogen (secondary N) is 1. The van der Waals surface area contributed by atoms with Gasteiger partial charge >= 0.3 is 0 Å². The summed E-state index contributed by atoms with van der Waals surface area (Å²) in [7, 11) is 0. The van der Waals surface area contributed by atoms with Crippen LogP contribution in [0.25, 0.3) is 11.0 Å². The average Bonchev–Trinajstić information content (AvgIpc) is 2.97. The highest BCUT2D eigenvalue weighted by Gasteiger charge is 2.24. The SMILES string of the molecule is CCc1ccc2nc(C3COc4ccccc4O3)[nH]c2c1. The largest absolute Gasteiger partial charge is 0.485 e. The Balaban J connectivity index is 1.68. The van der Waals surface area contributed by atoms with Gasteiger partial charge in [0.1, 0.15) is 6.61 Å². The van der Waals surface area contributed by atoms with Crippen molar-refractivity contribution in [1.29, 1.82) is 0 Å². The van der Waals surface area contributed by atoms with E-state index in [-0.39, 0.29) is 6.10 Å². The topological polar surface area (TPSA) is 47.1 Å². The Morgan fingerprint density at radius 1 is 1.19 bits per heavy atom. The standard InChI is InChI=1S/C17H16N2O2/c1-2-11-7-8-12-13(9-11)19-17(18-12)16-10-20-14-5-3-4-6-15(14)21-16/h3-9,16H,2,10H2,1H3,(H,18,19). The van der Waals surface area contributed by atoms with Crippen molar-refractivity contribution in [3.8, 4) is 11.5 Å². The first-order valence-corrected chi connectivity index (χ1v) is 7.20. The lowest BCUT2D eigenvalue weighted by Gasteiger charge is -2.24. The summed E-state index contributed by atoms with van der Waals surface area (Å²) < 4.78 is 11.7. The molecule has 0 saturated heterocycles. The fourth-order valence-corrected chi connectivity index (χ4v) is 2.60. The smallest absolute Gasteiger partial charge is 0.190 e. The molecule has 0 saturated carbocycles. The average molecular weight is 280 g/mol. The third-order valence-corrected chi connectivity index (χ3v) is 3.79. The van der Waals surface area contributed by atoms with E-state index >= 15 is 0 Å². The van der Waals surface area contributed by atoms with Gasteiger partial charge in [-0.1, -0.05) is 25.1 Å². The summed E-state index contributed by atoms with van der Waals surface area (Å²) in [6, 6.07) is 14.0. The predicted octanol–water partition coefficient (Wildman–Crippen LogP) is 3.64. The van der Waals surface area contributed by atoms with Crippen LogP contribution < -0.4 is 9.47 Å². The van der Waals surface area contributed by atoms with Gasteiger partial charge in [0.2, 0.25) is 0 Å². The summed E-state index contributed by atoms with van der Waals surface area (Å²) in [4.78, 5) is 7.98. The van der Waals surface area contributed by atoms with E-state index in [1.165, 1.54) is 5.56 Å². The van der Waals surface area contributed by atoms with Crippen LogP contribution in [0.15, 0.2) is 42.5 Å². The third kappa shape index (κ3) is 2.13. The van der Waals surface area contributed by atoms with Crippen molar-refractivity contribution in [2.24, 2.45) is 0 Å². The molecule has 3 aromatic rings. The summed E-state index contributed by atoms with van der Waals surface area (Å²) >= 11 is 0. The second kappa shape index (κ2) is 4.81. The number of hydrogen-bond acceptors (Lipinski definition) is 3. The number of hydrogen-bond donors (Lipinski definition) is 1. The molecule has 4 rings (SSSR count). The van der Waals surface area contributed by atoms with Crippen LogP contribution >= 0.6 is 0 Å². The molecule has 4 nitrogen and oxygen atoms in total. The zero-order chi connectivity index (χ0) is 14.2. The minimum atomic E-state index is -0.197. The van der Waals surface area contributed by atoms with Crippen molar-refractivity contribution < 1.29 is 9.47 Å². The predicted molar refractivity (Wildman–Crippen MR) is 80.8 cm³/mol. The second-order valence-corrected chi connectivity index (χ2v) is 5.19. The first kappa shape index (κ1) is 12.3. The quantitative estimate of drug-likeness (QED) is 0.779. The van der Waals surface area contributed by atoms with E-state index in [1.807, 2.05) is 30.3 Å². The van der Waals surface area contributed by atoms with Crippen LogP contribution in [0.4, 0.5) is 0 Å². The first-order valence-electron chi connectivity index (χ1n) is 7.20. The van der Waals surface area contributed by atoms with Crippen molar-refractivity contribution in [2.75, 3.05) is 6.61 Å². The minimum Gasteiger partial charge on any atom is -0.485 e. The van der Waals surface area contributed by atoms with Crippen LogP contribution in [0.2, 0.25) is 0 Å². The lowest BCUT2D eigenvalue weighted by Crippen LogP contribution is -2.22. The van der Waals surface area contributed by atoms with Crippen molar-refractivity contribution in [2.45, 2.75) is 19.4 Å². The van der Waals surface area contributed by atoms with E-state index in [0.29, 0.717) is 6.61 Å². The molecule has 1 atom stereocenters. The maximum Gasteiger partial charge on any atom is 0.190 e. The molecule has 1 aliphatic rings. The number of benzene rings is 2. The second-order valence-electron chi connectivity index (χ2n) is 5.19. The fraction of sp³-hybridized carbons (Fsp3) is 0.235. The van der Waals surface area contributed by atoms with Gasteiger partial charge in [-0.2, -0.15) is 0 Å². The molecular weight excluding hydrogens is 264 g/mol. The molecule has 0 fully saturated rings. The molecule has 0 spiro atoms. The van der Waals surface area contributed by atoms with Crippen LogP contribution in [0, 0.1) is 0 Å². The fourth-order valence-electron chi connectivity index (χ4n) is 2.60. The van der Waals surface area contributed by atoms with Crippen molar-refractivity contribution >= 4 is 11.0 Å². The van der Waals surface area contributed by atoms with Crippen molar-refractivity contribution in [3.63, 3.8) is 0 Å². The summed E-state index contributed by atoms with van der Waals surface area (Å²) in [6.45, 7) is 2.62. The van der Waals surface area contributed by atoms with Crippen LogP contribution in [0.1, 0.15) is 24.4 Å². The maximum atomic E-state index is 5.99. The zero-order valence-corrected chi connectivity index (χ0v) is 11.8. The van der Waals surface area contributed by atoms with E-state index in [9.17, 15) is 0 Å². The van der Waals surface area contributed by atoms with Gasteiger partial charge in [0.15, 0.2) is 23.4 Å². The summed E-state index contributed by atoms with van der Waals surface area (Å²) in [5.74, 6) is 2.37. The number of nitrogens with zero attached hydrogens (tertiary/aromatic N) is 1. The summed E-state index contributed by atoms with van der Waals surface area (Å²) in [5, 5.41) is 0. The highest BCUT2D eigenvalue weighted by Crippen LogP contribution is 2.35. The highest BCUT2D eigenvalue weighted by molar-refractivity contribution is 5.76. The number of aromatic amines is 1. The molecule has 0 aliphatic carbocycles. The van der Waals surface area contributed by atoms with Gasteiger partial charge in [0.25, 0.3) is 0 Å². The normalized spacial score (nSPS) is 17.1. The Morgan fingerprint density at radius 2 is 2.05 bits per heavy atom. The molecule has 106 valence electrons. The molecule has 21 heavy (non-hydrogen) atoms. The molecular formula is C17H16N2O2. The Kier molecular flexibility index (Phi) is 2.81. The van der Waals surface area contributed by atoms with Crippen molar-refractivity contribution in [1.82, 2.24) is 9.97 Å². The van der Waals surface area contributed by atoms with Gasteiger partial charge in [0.05, 0.1) is 11.0 Å².